The molecule has 7 heteroatoms. The lowest BCUT2D eigenvalue weighted by atomic mass is 9.99. The molecule has 0 radical (unpaired) electrons. The first kappa shape index (κ1) is 21.3. The molecule has 0 spiro atoms. The van der Waals surface area contributed by atoms with Crippen molar-refractivity contribution < 1.29 is 14.4 Å². The van der Waals surface area contributed by atoms with Crippen molar-refractivity contribution in [2.45, 2.75) is 44.7 Å². The first-order chi connectivity index (χ1) is 14.0. The molecule has 0 aliphatic carbocycles. The standard InChI is InChI=1S/C22H32N4O3/c1-3-4-14-25-15-16-26(22(29)21(25)28)19(17-8-6-5-7-9-17)20(27)24(2)18-10-12-23-13-11-18/h5-9,18-19,23H,3-4,10-16H2,1-2H3/t19-/m0/s1. The molecular formula is C22H32N4O3. The molecule has 3 amide bonds. The summed E-state index contributed by atoms with van der Waals surface area (Å²) in [6.07, 6.45) is 3.62. The highest BCUT2D eigenvalue weighted by molar-refractivity contribution is 6.35. The lowest BCUT2D eigenvalue weighted by Gasteiger charge is -2.41. The highest BCUT2D eigenvalue weighted by Gasteiger charge is 2.41. The van der Waals surface area contributed by atoms with E-state index in [2.05, 4.69) is 12.2 Å². The zero-order valence-electron chi connectivity index (χ0n) is 17.5. The largest absolute Gasteiger partial charge is 0.341 e. The van der Waals surface area contributed by atoms with Crippen LogP contribution in [0.4, 0.5) is 0 Å². The van der Waals surface area contributed by atoms with Gasteiger partial charge in [0.1, 0.15) is 6.04 Å². The number of nitrogens with zero attached hydrogens (tertiary/aromatic N) is 3. The van der Waals surface area contributed by atoms with Crippen LogP contribution in [-0.4, -0.2) is 78.2 Å². The summed E-state index contributed by atoms with van der Waals surface area (Å²) in [5, 5.41) is 3.31. The number of piperidine rings is 1. The van der Waals surface area contributed by atoms with Crippen LogP contribution in [0, 0.1) is 0 Å². The van der Waals surface area contributed by atoms with E-state index in [0.717, 1.165) is 44.3 Å². The van der Waals surface area contributed by atoms with Crippen molar-refractivity contribution in [1.82, 2.24) is 20.0 Å². The van der Waals surface area contributed by atoms with Gasteiger partial charge < -0.3 is 20.0 Å². The van der Waals surface area contributed by atoms with Gasteiger partial charge in [-0.05, 0) is 37.9 Å². The number of benzene rings is 1. The van der Waals surface area contributed by atoms with Gasteiger partial charge in [-0.2, -0.15) is 0 Å². The SMILES string of the molecule is CCCCN1CCN([C@H](C(=O)N(C)C2CCNCC2)c2ccccc2)C(=O)C1=O. The minimum absolute atomic E-state index is 0.119. The number of likely N-dealkylation sites (N-methyl/N-ethyl adjacent to an activating group) is 1. The van der Waals surface area contributed by atoms with Gasteiger partial charge in [-0.3, -0.25) is 14.4 Å². The molecule has 2 aliphatic rings. The number of unbranched alkanes of at least 4 members (excludes halogenated alkanes) is 1. The van der Waals surface area contributed by atoms with E-state index in [4.69, 9.17) is 0 Å². The fraction of sp³-hybridized carbons (Fsp3) is 0.591. The van der Waals surface area contributed by atoms with Crippen LogP contribution >= 0.6 is 0 Å². The Labute approximate surface area is 173 Å². The number of piperazine rings is 1. The van der Waals surface area contributed by atoms with E-state index in [-0.39, 0.29) is 11.9 Å². The average molecular weight is 401 g/mol. The molecule has 7 nitrogen and oxygen atoms in total. The first-order valence-electron chi connectivity index (χ1n) is 10.7. The van der Waals surface area contributed by atoms with Crippen molar-refractivity contribution in [3.05, 3.63) is 35.9 Å². The lowest BCUT2D eigenvalue weighted by molar-refractivity contribution is -0.161. The van der Waals surface area contributed by atoms with Crippen molar-refractivity contribution in [3.63, 3.8) is 0 Å². The monoisotopic (exact) mass is 400 g/mol. The maximum absolute atomic E-state index is 13.5. The van der Waals surface area contributed by atoms with Crippen LogP contribution in [0.1, 0.15) is 44.2 Å². The fourth-order valence-corrected chi connectivity index (χ4v) is 4.16. The van der Waals surface area contributed by atoms with Gasteiger partial charge in [0, 0.05) is 32.7 Å². The molecule has 2 saturated heterocycles. The number of nitrogens with one attached hydrogen (secondary N) is 1. The molecule has 0 unspecified atom stereocenters. The molecule has 29 heavy (non-hydrogen) atoms. The van der Waals surface area contributed by atoms with Crippen LogP contribution in [0.25, 0.3) is 0 Å². The van der Waals surface area contributed by atoms with E-state index in [1.807, 2.05) is 37.4 Å². The van der Waals surface area contributed by atoms with Gasteiger partial charge in [0.2, 0.25) is 5.91 Å². The molecule has 2 aliphatic heterocycles. The summed E-state index contributed by atoms with van der Waals surface area (Å²) in [4.78, 5) is 44.0. The Morgan fingerprint density at radius 1 is 1.14 bits per heavy atom. The van der Waals surface area contributed by atoms with E-state index < -0.39 is 17.9 Å². The van der Waals surface area contributed by atoms with Gasteiger partial charge in [-0.25, -0.2) is 0 Å². The predicted octanol–water partition coefficient (Wildman–Crippen LogP) is 1.41. The molecule has 1 N–H and O–H groups in total. The van der Waals surface area contributed by atoms with Crippen LogP contribution in [0.3, 0.4) is 0 Å². The summed E-state index contributed by atoms with van der Waals surface area (Å²) >= 11 is 0. The van der Waals surface area contributed by atoms with Crippen molar-refractivity contribution in [1.29, 1.82) is 0 Å². The predicted molar refractivity (Wildman–Crippen MR) is 111 cm³/mol. The molecule has 1 atom stereocenters. The van der Waals surface area contributed by atoms with Crippen molar-refractivity contribution in [2.24, 2.45) is 0 Å². The third-order valence-electron chi connectivity index (χ3n) is 5.99. The van der Waals surface area contributed by atoms with E-state index in [1.165, 1.54) is 4.90 Å². The first-order valence-corrected chi connectivity index (χ1v) is 10.7. The van der Waals surface area contributed by atoms with Gasteiger partial charge >= 0.3 is 11.8 Å². The Bertz CT molecular complexity index is 718. The summed E-state index contributed by atoms with van der Waals surface area (Å²) in [5.74, 6) is -1.19. The molecule has 0 aromatic heterocycles. The van der Waals surface area contributed by atoms with Gasteiger partial charge in [0.25, 0.3) is 0 Å². The van der Waals surface area contributed by atoms with E-state index in [0.29, 0.717) is 19.6 Å². The van der Waals surface area contributed by atoms with E-state index in [1.54, 1.807) is 9.80 Å². The van der Waals surface area contributed by atoms with Crippen LogP contribution in [0.15, 0.2) is 30.3 Å². The van der Waals surface area contributed by atoms with Crippen LogP contribution in [0.2, 0.25) is 0 Å². The Morgan fingerprint density at radius 2 is 1.83 bits per heavy atom. The number of hydrogen-bond donors (Lipinski definition) is 1. The second-order valence-corrected chi connectivity index (χ2v) is 7.89. The van der Waals surface area contributed by atoms with Gasteiger partial charge in [-0.15, -0.1) is 0 Å². The van der Waals surface area contributed by atoms with E-state index >= 15 is 0 Å². The summed E-state index contributed by atoms with van der Waals surface area (Å²) in [6, 6.07) is 8.72. The van der Waals surface area contributed by atoms with Crippen molar-refractivity contribution in [2.75, 3.05) is 39.8 Å². The van der Waals surface area contributed by atoms with Crippen molar-refractivity contribution in [3.8, 4) is 0 Å². The Hall–Kier alpha value is -2.41. The third kappa shape index (κ3) is 4.78. The molecule has 2 heterocycles. The summed E-state index contributed by atoms with van der Waals surface area (Å²) in [5.41, 5.74) is 0.751. The maximum Gasteiger partial charge on any atom is 0.313 e. The Balaban J connectivity index is 1.83. The minimum atomic E-state index is -0.763. The minimum Gasteiger partial charge on any atom is -0.341 e. The molecule has 1 aromatic carbocycles. The van der Waals surface area contributed by atoms with Crippen LogP contribution < -0.4 is 5.32 Å². The molecule has 2 fully saturated rings. The summed E-state index contributed by atoms with van der Waals surface area (Å²) in [6.45, 7) is 5.26. The Kier molecular flexibility index (Phi) is 7.25. The molecular weight excluding hydrogens is 368 g/mol. The zero-order valence-corrected chi connectivity index (χ0v) is 17.5. The molecule has 0 saturated carbocycles. The number of amides is 3. The number of carbonyl (C=O) groups is 3. The van der Waals surface area contributed by atoms with Gasteiger partial charge in [-0.1, -0.05) is 43.7 Å². The molecule has 158 valence electrons. The smallest absolute Gasteiger partial charge is 0.313 e. The zero-order chi connectivity index (χ0) is 20.8. The number of hydrogen-bond acceptors (Lipinski definition) is 4. The maximum atomic E-state index is 13.5. The third-order valence-corrected chi connectivity index (χ3v) is 5.99. The lowest BCUT2D eigenvalue weighted by Crippen LogP contribution is -2.58. The quantitative estimate of drug-likeness (QED) is 0.703. The molecule has 0 bridgehead atoms. The van der Waals surface area contributed by atoms with Crippen LogP contribution in [0.5, 0.6) is 0 Å². The van der Waals surface area contributed by atoms with Gasteiger partial charge in [0.05, 0.1) is 0 Å². The second-order valence-electron chi connectivity index (χ2n) is 7.89. The number of rotatable bonds is 7. The van der Waals surface area contributed by atoms with Gasteiger partial charge in [0.15, 0.2) is 0 Å². The average Bonchev–Trinajstić information content (AvgIpc) is 2.77. The normalized spacial score (nSPS) is 19.4. The summed E-state index contributed by atoms with van der Waals surface area (Å²) < 4.78 is 0. The molecule has 3 rings (SSSR count). The topological polar surface area (TPSA) is 73.0 Å². The fourth-order valence-electron chi connectivity index (χ4n) is 4.16. The summed E-state index contributed by atoms with van der Waals surface area (Å²) in [7, 11) is 1.82. The van der Waals surface area contributed by atoms with Crippen LogP contribution in [-0.2, 0) is 14.4 Å². The van der Waals surface area contributed by atoms with E-state index in [9.17, 15) is 14.4 Å². The molecule has 1 aromatic rings. The highest BCUT2D eigenvalue weighted by Crippen LogP contribution is 2.27. The second kappa shape index (κ2) is 9.87. The number of carbonyl (C=O) groups excluding carboxylic acids is 3. The Morgan fingerprint density at radius 3 is 2.48 bits per heavy atom. The van der Waals surface area contributed by atoms with Crippen molar-refractivity contribution >= 4 is 17.7 Å². The highest BCUT2D eigenvalue weighted by atomic mass is 16.2.